The van der Waals surface area contributed by atoms with Crippen LogP contribution in [0.4, 0.5) is 0 Å². The first-order valence-corrected chi connectivity index (χ1v) is 6.91. The minimum atomic E-state index is -0.0666. The maximum atomic E-state index is 11.8. The van der Waals surface area contributed by atoms with Crippen molar-refractivity contribution >= 4 is 11.8 Å². The summed E-state index contributed by atoms with van der Waals surface area (Å²) in [5.41, 5.74) is -0.0384. The van der Waals surface area contributed by atoms with E-state index in [1.807, 2.05) is 6.92 Å². The van der Waals surface area contributed by atoms with E-state index in [-0.39, 0.29) is 23.1 Å². The third-order valence-electron chi connectivity index (χ3n) is 5.00. The summed E-state index contributed by atoms with van der Waals surface area (Å²) >= 11 is 0. The van der Waals surface area contributed by atoms with E-state index in [1.165, 1.54) is 25.7 Å². The fourth-order valence-corrected chi connectivity index (χ4v) is 3.56. The van der Waals surface area contributed by atoms with Gasteiger partial charge in [0.05, 0.1) is 0 Å². The second-order valence-electron chi connectivity index (χ2n) is 5.88. The first-order valence-electron chi connectivity index (χ1n) is 6.91. The predicted octanol–water partition coefficient (Wildman–Crippen LogP) is 2.65. The topological polar surface area (TPSA) is 46.2 Å². The summed E-state index contributed by atoms with van der Waals surface area (Å²) in [5.74, 6) is 0.664. The highest BCUT2D eigenvalue weighted by Gasteiger charge is 2.46. The van der Waals surface area contributed by atoms with Crippen molar-refractivity contribution in [2.45, 2.75) is 58.8 Å². The molecule has 1 aliphatic carbocycles. The first kappa shape index (κ1) is 12.6. The third-order valence-corrected chi connectivity index (χ3v) is 5.00. The van der Waals surface area contributed by atoms with Gasteiger partial charge in [-0.25, -0.2) is 0 Å². The van der Waals surface area contributed by atoms with Crippen LogP contribution >= 0.6 is 0 Å². The van der Waals surface area contributed by atoms with Crippen LogP contribution in [-0.4, -0.2) is 11.8 Å². The molecule has 2 aliphatic rings. The van der Waals surface area contributed by atoms with Gasteiger partial charge >= 0.3 is 0 Å². The minimum absolute atomic E-state index is 0.00388. The Labute approximate surface area is 103 Å². The van der Waals surface area contributed by atoms with Crippen LogP contribution in [0.5, 0.6) is 0 Å². The number of amides is 2. The molecule has 0 radical (unpaired) electrons. The zero-order valence-electron chi connectivity index (χ0n) is 10.9. The maximum Gasteiger partial charge on any atom is 0.229 e. The number of imide groups is 1. The van der Waals surface area contributed by atoms with Crippen LogP contribution in [0, 0.1) is 17.3 Å². The molecule has 1 N–H and O–H groups in total. The zero-order valence-corrected chi connectivity index (χ0v) is 10.9. The molecule has 3 nitrogen and oxygen atoms in total. The molecule has 3 atom stereocenters. The van der Waals surface area contributed by atoms with Crippen LogP contribution in [0.25, 0.3) is 0 Å². The number of carbonyl (C=O) groups excluding carboxylic acids is 2. The van der Waals surface area contributed by atoms with Gasteiger partial charge in [0, 0.05) is 12.3 Å². The van der Waals surface area contributed by atoms with Gasteiger partial charge in [0.25, 0.3) is 0 Å². The second kappa shape index (κ2) is 4.79. The predicted molar refractivity (Wildman–Crippen MR) is 66.2 cm³/mol. The van der Waals surface area contributed by atoms with Crippen molar-refractivity contribution in [3.05, 3.63) is 0 Å². The van der Waals surface area contributed by atoms with E-state index in [1.54, 1.807) is 0 Å². The first-order chi connectivity index (χ1) is 8.07. The Bertz CT molecular complexity index is 326. The molecule has 1 heterocycles. The lowest BCUT2D eigenvalue weighted by Crippen LogP contribution is -2.50. The molecular weight excluding hydrogens is 214 g/mol. The van der Waals surface area contributed by atoms with Crippen molar-refractivity contribution in [3.8, 4) is 0 Å². The Morgan fingerprint density at radius 1 is 1.29 bits per heavy atom. The standard InChI is InChI=1S/C14H23NO2/c1-3-11-5-4-7-14(8-6-11)9-12(16)15-13(17)10(14)2/h10-11H,3-9H2,1-2H3,(H,15,16,17). The van der Waals surface area contributed by atoms with Gasteiger partial charge in [-0.05, 0) is 30.6 Å². The van der Waals surface area contributed by atoms with Crippen LogP contribution in [0.1, 0.15) is 58.8 Å². The molecule has 1 aliphatic heterocycles. The van der Waals surface area contributed by atoms with Gasteiger partial charge in [-0.2, -0.15) is 0 Å². The highest BCUT2D eigenvalue weighted by molar-refractivity contribution is 5.99. The molecule has 0 aromatic heterocycles. The zero-order chi connectivity index (χ0) is 12.5. The molecule has 3 heteroatoms. The smallest absolute Gasteiger partial charge is 0.229 e. The molecule has 2 rings (SSSR count). The molecule has 17 heavy (non-hydrogen) atoms. The third kappa shape index (κ3) is 2.38. The molecule has 1 saturated heterocycles. The Morgan fingerprint density at radius 3 is 2.76 bits per heavy atom. The fraction of sp³-hybridized carbons (Fsp3) is 0.857. The molecule has 2 fully saturated rings. The molecule has 0 aromatic carbocycles. The molecule has 3 unspecified atom stereocenters. The van der Waals surface area contributed by atoms with Crippen LogP contribution in [0.15, 0.2) is 0 Å². The van der Waals surface area contributed by atoms with Gasteiger partial charge in [0.15, 0.2) is 0 Å². The number of carbonyl (C=O) groups is 2. The van der Waals surface area contributed by atoms with Crippen molar-refractivity contribution in [2.75, 3.05) is 0 Å². The number of piperidine rings is 1. The van der Waals surface area contributed by atoms with Gasteiger partial charge in [0.1, 0.15) is 0 Å². The average Bonchev–Trinajstić information content (AvgIpc) is 2.49. The number of hydrogen-bond donors (Lipinski definition) is 1. The average molecular weight is 237 g/mol. The molecule has 0 bridgehead atoms. The van der Waals surface area contributed by atoms with Crippen molar-refractivity contribution in [3.63, 3.8) is 0 Å². The van der Waals surface area contributed by atoms with Crippen LogP contribution in [0.3, 0.4) is 0 Å². The van der Waals surface area contributed by atoms with Crippen molar-refractivity contribution < 1.29 is 9.59 Å². The summed E-state index contributed by atoms with van der Waals surface area (Å²) < 4.78 is 0. The van der Waals surface area contributed by atoms with Gasteiger partial charge in [-0.15, -0.1) is 0 Å². The van der Waals surface area contributed by atoms with Crippen molar-refractivity contribution in [1.82, 2.24) is 5.32 Å². The molecule has 96 valence electrons. The highest BCUT2D eigenvalue weighted by atomic mass is 16.2. The maximum absolute atomic E-state index is 11.8. The molecule has 1 saturated carbocycles. The van der Waals surface area contributed by atoms with Gasteiger partial charge in [-0.1, -0.05) is 33.1 Å². The minimum Gasteiger partial charge on any atom is -0.296 e. The summed E-state index contributed by atoms with van der Waals surface area (Å²) in [7, 11) is 0. The Kier molecular flexibility index (Phi) is 3.55. The van der Waals surface area contributed by atoms with E-state index in [2.05, 4.69) is 12.2 Å². The van der Waals surface area contributed by atoms with Crippen LogP contribution in [0.2, 0.25) is 0 Å². The van der Waals surface area contributed by atoms with Crippen molar-refractivity contribution in [2.24, 2.45) is 17.3 Å². The summed E-state index contributed by atoms with van der Waals surface area (Å²) in [4.78, 5) is 23.4. The summed E-state index contributed by atoms with van der Waals surface area (Å²) in [6, 6.07) is 0. The Balaban J connectivity index is 2.16. The van der Waals surface area contributed by atoms with Crippen LogP contribution < -0.4 is 5.32 Å². The fourth-order valence-electron chi connectivity index (χ4n) is 3.56. The normalized spacial score (nSPS) is 38.9. The molecule has 2 amide bonds. The van der Waals surface area contributed by atoms with Gasteiger partial charge in [0.2, 0.25) is 11.8 Å². The highest BCUT2D eigenvalue weighted by Crippen LogP contribution is 2.47. The van der Waals surface area contributed by atoms with Crippen molar-refractivity contribution in [1.29, 1.82) is 0 Å². The van der Waals surface area contributed by atoms with Crippen LogP contribution in [-0.2, 0) is 9.59 Å². The largest absolute Gasteiger partial charge is 0.296 e. The van der Waals surface area contributed by atoms with E-state index in [4.69, 9.17) is 0 Å². The van der Waals surface area contributed by atoms with E-state index >= 15 is 0 Å². The lowest BCUT2D eigenvalue weighted by molar-refractivity contribution is -0.143. The van der Waals surface area contributed by atoms with E-state index < -0.39 is 0 Å². The molecule has 1 spiro atoms. The summed E-state index contributed by atoms with van der Waals surface area (Å²) in [5, 5.41) is 2.47. The van der Waals surface area contributed by atoms with E-state index in [0.717, 1.165) is 18.8 Å². The molecule has 0 aromatic rings. The lowest BCUT2D eigenvalue weighted by Gasteiger charge is -2.40. The Hall–Kier alpha value is -0.860. The Morgan fingerprint density at radius 2 is 2.06 bits per heavy atom. The summed E-state index contributed by atoms with van der Waals surface area (Å²) in [6.45, 7) is 4.23. The van der Waals surface area contributed by atoms with Gasteiger partial charge < -0.3 is 0 Å². The van der Waals surface area contributed by atoms with Gasteiger partial charge in [-0.3, -0.25) is 14.9 Å². The quantitative estimate of drug-likeness (QED) is 0.713. The number of nitrogens with one attached hydrogen (secondary N) is 1. The second-order valence-corrected chi connectivity index (χ2v) is 5.88. The SMILES string of the molecule is CCC1CCCC2(CC1)CC(=O)NC(=O)C2C. The number of hydrogen-bond acceptors (Lipinski definition) is 2. The monoisotopic (exact) mass is 237 g/mol. The number of rotatable bonds is 1. The molecular formula is C14H23NO2. The lowest BCUT2D eigenvalue weighted by atomic mass is 9.66. The van der Waals surface area contributed by atoms with E-state index in [0.29, 0.717) is 6.42 Å². The van der Waals surface area contributed by atoms with E-state index in [9.17, 15) is 9.59 Å². The summed E-state index contributed by atoms with van der Waals surface area (Å²) in [6.07, 6.45) is 7.49.